The molecular weight excluding hydrogens is 326 g/mol. The number of methoxy groups -OCH3 is 1. The summed E-state index contributed by atoms with van der Waals surface area (Å²) in [6, 6.07) is 16.4. The van der Waals surface area contributed by atoms with Crippen molar-refractivity contribution in [3.63, 3.8) is 0 Å². The number of fused-ring (bicyclic) bond motifs is 1. The standard InChI is InChI=1S/C21H25N3O2/c1-14(21(25)22-2)23-12-18(15-8-10-16(26-3)11-9-15)19-13-24-20-7-5-4-6-17(19)20/h4-11,13-14,18,23-24H,12H2,1-3H3,(H,22,25)/p+1/t14-,18-/m0/s1. The molecule has 5 heteroatoms. The molecule has 0 saturated heterocycles. The molecule has 26 heavy (non-hydrogen) atoms. The summed E-state index contributed by atoms with van der Waals surface area (Å²) >= 11 is 0. The van der Waals surface area contributed by atoms with Crippen LogP contribution < -0.4 is 15.4 Å². The number of hydrogen-bond donors (Lipinski definition) is 3. The second kappa shape index (κ2) is 8.06. The number of carbonyl (C=O) groups is 1. The fraction of sp³-hybridized carbons (Fsp3) is 0.286. The molecule has 1 heterocycles. The number of H-pyrrole nitrogens is 1. The van der Waals surface area contributed by atoms with Crippen molar-refractivity contribution in [1.82, 2.24) is 10.3 Å². The third-order valence-electron chi connectivity index (χ3n) is 4.90. The van der Waals surface area contributed by atoms with Gasteiger partial charge in [0.25, 0.3) is 5.91 Å². The van der Waals surface area contributed by atoms with Crippen LogP contribution in [0.25, 0.3) is 10.9 Å². The van der Waals surface area contributed by atoms with Gasteiger partial charge in [-0.15, -0.1) is 0 Å². The molecule has 0 saturated carbocycles. The van der Waals surface area contributed by atoms with Crippen molar-refractivity contribution >= 4 is 16.8 Å². The van der Waals surface area contributed by atoms with Crippen molar-refractivity contribution in [3.8, 4) is 5.75 Å². The molecule has 1 aromatic heterocycles. The summed E-state index contributed by atoms with van der Waals surface area (Å²) in [5, 5.41) is 6.02. The van der Waals surface area contributed by atoms with Gasteiger partial charge in [0.2, 0.25) is 0 Å². The van der Waals surface area contributed by atoms with Crippen LogP contribution in [0.4, 0.5) is 0 Å². The van der Waals surface area contributed by atoms with Gasteiger partial charge in [-0.2, -0.15) is 0 Å². The smallest absolute Gasteiger partial charge is 0.277 e. The van der Waals surface area contributed by atoms with E-state index in [1.54, 1.807) is 14.2 Å². The highest BCUT2D eigenvalue weighted by Gasteiger charge is 2.23. The van der Waals surface area contributed by atoms with E-state index < -0.39 is 0 Å². The van der Waals surface area contributed by atoms with E-state index in [1.807, 2.05) is 25.1 Å². The Morgan fingerprint density at radius 3 is 2.62 bits per heavy atom. The lowest BCUT2D eigenvalue weighted by Gasteiger charge is -2.18. The third-order valence-corrected chi connectivity index (χ3v) is 4.90. The number of rotatable bonds is 7. The Kier molecular flexibility index (Phi) is 5.58. The monoisotopic (exact) mass is 352 g/mol. The van der Waals surface area contributed by atoms with Crippen LogP contribution in [-0.2, 0) is 4.79 Å². The van der Waals surface area contributed by atoms with Crippen molar-refractivity contribution in [2.45, 2.75) is 18.9 Å². The van der Waals surface area contributed by atoms with E-state index >= 15 is 0 Å². The van der Waals surface area contributed by atoms with E-state index in [1.165, 1.54) is 16.5 Å². The number of nitrogens with one attached hydrogen (secondary N) is 2. The van der Waals surface area contributed by atoms with Crippen LogP contribution in [0.15, 0.2) is 54.7 Å². The Hall–Kier alpha value is -2.79. The van der Waals surface area contributed by atoms with Crippen molar-refractivity contribution in [2.75, 3.05) is 20.7 Å². The molecule has 0 aliphatic heterocycles. The quantitative estimate of drug-likeness (QED) is 0.609. The number of likely N-dealkylation sites (N-methyl/N-ethyl adjacent to an activating group) is 1. The van der Waals surface area contributed by atoms with E-state index in [0.29, 0.717) is 0 Å². The average Bonchev–Trinajstić information content (AvgIpc) is 3.12. The van der Waals surface area contributed by atoms with Crippen LogP contribution in [0.2, 0.25) is 0 Å². The normalized spacial score (nSPS) is 13.3. The Morgan fingerprint density at radius 2 is 1.92 bits per heavy atom. The number of benzene rings is 2. The molecule has 0 spiro atoms. The van der Waals surface area contributed by atoms with Gasteiger partial charge in [-0.1, -0.05) is 30.3 Å². The minimum atomic E-state index is -0.133. The van der Waals surface area contributed by atoms with E-state index in [9.17, 15) is 4.79 Å². The van der Waals surface area contributed by atoms with Crippen LogP contribution in [0.3, 0.4) is 0 Å². The van der Waals surface area contributed by atoms with Crippen molar-refractivity contribution < 1.29 is 14.8 Å². The lowest BCUT2D eigenvalue weighted by Crippen LogP contribution is -2.92. The highest BCUT2D eigenvalue weighted by Crippen LogP contribution is 2.30. The van der Waals surface area contributed by atoms with Crippen LogP contribution in [0.5, 0.6) is 5.75 Å². The first-order valence-corrected chi connectivity index (χ1v) is 8.89. The predicted octanol–water partition coefficient (Wildman–Crippen LogP) is 2.01. The Balaban J connectivity index is 1.94. The Morgan fingerprint density at radius 1 is 1.19 bits per heavy atom. The highest BCUT2D eigenvalue weighted by molar-refractivity contribution is 5.84. The molecule has 0 aliphatic carbocycles. The molecule has 3 aromatic rings. The molecule has 136 valence electrons. The highest BCUT2D eigenvalue weighted by atomic mass is 16.5. The molecule has 4 N–H and O–H groups in total. The zero-order chi connectivity index (χ0) is 18.5. The molecule has 0 bridgehead atoms. The summed E-state index contributed by atoms with van der Waals surface area (Å²) in [5.41, 5.74) is 3.57. The van der Waals surface area contributed by atoms with Gasteiger partial charge in [0, 0.05) is 24.1 Å². The van der Waals surface area contributed by atoms with Gasteiger partial charge in [-0.25, -0.2) is 0 Å². The maximum Gasteiger partial charge on any atom is 0.277 e. The largest absolute Gasteiger partial charge is 0.497 e. The summed E-state index contributed by atoms with van der Waals surface area (Å²) < 4.78 is 5.29. The van der Waals surface area contributed by atoms with Gasteiger partial charge in [0.1, 0.15) is 5.75 Å². The van der Waals surface area contributed by atoms with E-state index in [2.05, 4.69) is 52.1 Å². The number of carbonyl (C=O) groups excluding carboxylic acids is 1. The Labute approximate surface area is 153 Å². The molecular formula is C21H26N3O2+. The number of nitrogens with two attached hydrogens (primary N) is 1. The molecule has 2 aromatic carbocycles. The molecule has 2 atom stereocenters. The summed E-state index contributed by atoms with van der Waals surface area (Å²) in [5.74, 6) is 1.05. The van der Waals surface area contributed by atoms with Crippen LogP contribution in [0.1, 0.15) is 24.0 Å². The van der Waals surface area contributed by atoms with Gasteiger partial charge >= 0.3 is 0 Å². The molecule has 0 radical (unpaired) electrons. The van der Waals surface area contributed by atoms with Gasteiger partial charge in [-0.05, 0) is 36.2 Å². The van der Waals surface area contributed by atoms with E-state index in [0.717, 1.165) is 17.8 Å². The number of aromatic nitrogens is 1. The van der Waals surface area contributed by atoms with Gasteiger partial charge < -0.3 is 20.4 Å². The lowest BCUT2D eigenvalue weighted by atomic mass is 9.90. The number of aromatic amines is 1. The Bertz CT molecular complexity index is 870. The minimum Gasteiger partial charge on any atom is -0.497 e. The molecule has 1 amide bonds. The number of hydrogen-bond acceptors (Lipinski definition) is 2. The molecule has 5 nitrogen and oxygen atoms in total. The molecule has 0 fully saturated rings. The molecule has 0 unspecified atom stereocenters. The maximum absolute atomic E-state index is 11.9. The first kappa shape index (κ1) is 18.0. The van der Waals surface area contributed by atoms with E-state index in [-0.39, 0.29) is 17.9 Å². The van der Waals surface area contributed by atoms with E-state index in [4.69, 9.17) is 4.74 Å². The third kappa shape index (κ3) is 3.73. The summed E-state index contributed by atoms with van der Waals surface area (Å²) in [4.78, 5) is 15.2. The second-order valence-corrected chi connectivity index (χ2v) is 6.49. The average molecular weight is 352 g/mol. The first-order valence-electron chi connectivity index (χ1n) is 8.89. The molecule has 3 rings (SSSR count). The summed E-state index contributed by atoms with van der Waals surface area (Å²) in [7, 11) is 3.35. The molecule has 0 aliphatic rings. The second-order valence-electron chi connectivity index (χ2n) is 6.49. The number of amides is 1. The predicted molar refractivity (Wildman–Crippen MR) is 103 cm³/mol. The van der Waals surface area contributed by atoms with Crippen LogP contribution >= 0.6 is 0 Å². The summed E-state index contributed by atoms with van der Waals surface area (Å²) in [6.45, 7) is 2.71. The van der Waals surface area contributed by atoms with Crippen LogP contribution in [0, 0.1) is 0 Å². The SMILES string of the molecule is CNC(=O)[C@H](C)[NH2+]C[C@@H](c1ccc(OC)cc1)c1c[nH]c2ccccc12. The lowest BCUT2D eigenvalue weighted by molar-refractivity contribution is -0.674. The van der Waals surface area contributed by atoms with Gasteiger partial charge in [0.05, 0.1) is 19.6 Å². The maximum atomic E-state index is 11.9. The van der Waals surface area contributed by atoms with Crippen LogP contribution in [-0.4, -0.2) is 37.6 Å². The van der Waals surface area contributed by atoms with Crippen molar-refractivity contribution in [3.05, 3.63) is 65.9 Å². The number of quaternary nitrogens is 1. The van der Waals surface area contributed by atoms with Crippen molar-refractivity contribution in [2.24, 2.45) is 0 Å². The fourth-order valence-corrected chi connectivity index (χ4v) is 3.34. The number of ether oxygens (including phenoxy) is 1. The zero-order valence-corrected chi connectivity index (χ0v) is 15.5. The fourth-order valence-electron chi connectivity index (χ4n) is 3.34. The van der Waals surface area contributed by atoms with Gasteiger partial charge in [0.15, 0.2) is 6.04 Å². The minimum absolute atomic E-state index is 0.0393. The summed E-state index contributed by atoms with van der Waals surface area (Å²) in [6.07, 6.45) is 2.08. The first-order chi connectivity index (χ1) is 12.6. The zero-order valence-electron chi connectivity index (χ0n) is 15.5. The topological polar surface area (TPSA) is 70.7 Å². The number of para-hydroxylation sites is 1. The van der Waals surface area contributed by atoms with Crippen molar-refractivity contribution in [1.29, 1.82) is 0 Å². The van der Waals surface area contributed by atoms with Gasteiger partial charge in [-0.3, -0.25) is 4.79 Å².